The minimum Gasteiger partial charge on any atom is -0.497 e. The Morgan fingerprint density at radius 3 is 2.48 bits per heavy atom. The highest BCUT2D eigenvalue weighted by atomic mass is 16.5. The molecule has 2 aromatic carbocycles. The van der Waals surface area contributed by atoms with Crippen molar-refractivity contribution in [3.05, 3.63) is 42.0 Å². The molecule has 2 fully saturated rings. The molecule has 0 amide bonds. The van der Waals surface area contributed by atoms with Gasteiger partial charge in [0.1, 0.15) is 5.75 Å². The molecule has 1 saturated carbocycles. The van der Waals surface area contributed by atoms with E-state index in [9.17, 15) is 4.79 Å². The number of carbonyl (C=O) groups excluding carboxylic acids is 1. The molecule has 0 radical (unpaired) electrons. The normalized spacial score (nSPS) is 20.5. The van der Waals surface area contributed by atoms with Crippen LogP contribution in [0.4, 0.5) is 0 Å². The zero-order chi connectivity index (χ0) is 19.2. The van der Waals surface area contributed by atoms with Crippen LogP contribution in [0.15, 0.2) is 36.4 Å². The second-order valence-electron chi connectivity index (χ2n) is 7.69. The summed E-state index contributed by atoms with van der Waals surface area (Å²) in [6.07, 6.45) is 6.32. The van der Waals surface area contributed by atoms with E-state index in [1.807, 2.05) is 50.2 Å². The van der Waals surface area contributed by atoms with Gasteiger partial charge in [-0.3, -0.25) is 4.79 Å². The third kappa shape index (κ3) is 4.70. The van der Waals surface area contributed by atoms with Crippen LogP contribution in [-0.4, -0.2) is 37.4 Å². The van der Waals surface area contributed by atoms with Crippen LogP contribution in [0.2, 0.25) is 0 Å². The first kappa shape index (κ1) is 19.9. The number of hydrogen-bond donors (Lipinski definition) is 0. The lowest BCUT2D eigenvalue weighted by Crippen LogP contribution is -2.42. The van der Waals surface area contributed by atoms with Crippen molar-refractivity contribution >= 4 is 16.6 Å². The largest absolute Gasteiger partial charge is 0.497 e. The van der Waals surface area contributed by atoms with E-state index in [1.54, 1.807) is 7.11 Å². The average molecular weight is 368 g/mol. The van der Waals surface area contributed by atoms with E-state index in [1.165, 1.54) is 25.8 Å². The fourth-order valence-electron chi connectivity index (χ4n) is 4.22. The molecule has 0 bridgehead atoms. The summed E-state index contributed by atoms with van der Waals surface area (Å²) >= 11 is 0. The third-order valence-corrected chi connectivity index (χ3v) is 5.95. The predicted octanol–water partition coefficient (Wildman–Crippen LogP) is 5.57. The Labute approximate surface area is 163 Å². The number of fused-ring (bicyclic) bond motifs is 1. The second-order valence-corrected chi connectivity index (χ2v) is 7.69. The van der Waals surface area contributed by atoms with E-state index in [0.29, 0.717) is 5.78 Å². The smallest absolute Gasteiger partial charge is 0.167 e. The molecule has 0 N–H and O–H groups in total. The Morgan fingerprint density at radius 2 is 1.78 bits per heavy atom. The van der Waals surface area contributed by atoms with Gasteiger partial charge in [0.15, 0.2) is 5.78 Å². The van der Waals surface area contributed by atoms with Crippen molar-refractivity contribution in [1.29, 1.82) is 0 Å². The second kappa shape index (κ2) is 9.36. The number of ether oxygens (including phenoxy) is 1. The maximum Gasteiger partial charge on any atom is 0.167 e. The van der Waals surface area contributed by atoms with Gasteiger partial charge in [0.2, 0.25) is 0 Å². The molecule has 1 saturated heterocycles. The molecule has 2 aliphatic rings. The fourth-order valence-corrected chi connectivity index (χ4v) is 4.22. The van der Waals surface area contributed by atoms with Crippen LogP contribution in [0.25, 0.3) is 10.8 Å². The molecule has 146 valence electrons. The van der Waals surface area contributed by atoms with Crippen LogP contribution in [0.5, 0.6) is 5.75 Å². The number of nitrogens with zero attached hydrogens (tertiary/aromatic N) is 1. The topological polar surface area (TPSA) is 29.5 Å². The molecule has 4 rings (SSSR count). The van der Waals surface area contributed by atoms with Gasteiger partial charge >= 0.3 is 0 Å². The number of rotatable bonds is 5. The van der Waals surface area contributed by atoms with Crippen LogP contribution < -0.4 is 4.74 Å². The van der Waals surface area contributed by atoms with Crippen LogP contribution >= 0.6 is 0 Å². The maximum atomic E-state index is 13.0. The summed E-state index contributed by atoms with van der Waals surface area (Å²) in [6, 6.07) is 12.1. The molecule has 3 nitrogen and oxygen atoms in total. The number of likely N-dealkylation sites (tertiary alicyclic amines) is 1. The van der Waals surface area contributed by atoms with E-state index < -0.39 is 0 Å². The summed E-state index contributed by atoms with van der Waals surface area (Å²) in [4.78, 5) is 15.6. The lowest BCUT2D eigenvalue weighted by Gasteiger charge is -2.37. The summed E-state index contributed by atoms with van der Waals surface area (Å²) < 4.78 is 5.28. The van der Waals surface area contributed by atoms with Gasteiger partial charge in [-0.2, -0.15) is 0 Å². The Balaban J connectivity index is 0.00000102. The Kier molecular flexibility index (Phi) is 6.89. The van der Waals surface area contributed by atoms with Crippen molar-refractivity contribution in [3.8, 4) is 5.75 Å². The van der Waals surface area contributed by atoms with Gasteiger partial charge in [0.25, 0.3) is 0 Å². The highest BCUT2D eigenvalue weighted by Gasteiger charge is 2.29. The van der Waals surface area contributed by atoms with Gasteiger partial charge < -0.3 is 9.64 Å². The average Bonchev–Trinajstić information content (AvgIpc) is 2.71. The van der Waals surface area contributed by atoms with Crippen molar-refractivity contribution < 1.29 is 9.53 Å². The standard InChI is InChI=1S/C22H27NO2.C2H6/c1-25-21-10-9-17-12-19(8-7-18(17)13-21)22(24)20-6-3-11-23(15-20)14-16-4-2-5-16;1-2/h7-10,12-13,16,20H,2-6,11,14-15H2,1H3;1-2H3. The molecule has 2 aromatic rings. The van der Waals surface area contributed by atoms with Gasteiger partial charge in [-0.25, -0.2) is 0 Å². The molecule has 0 aromatic heterocycles. The fraction of sp³-hybridized carbons (Fsp3) is 0.542. The Bertz CT molecular complexity index is 766. The lowest BCUT2D eigenvalue weighted by molar-refractivity contribution is 0.0770. The van der Waals surface area contributed by atoms with Crippen LogP contribution in [-0.2, 0) is 0 Å². The van der Waals surface area contributed by atoms with E-state index in [2.05, 4.69) is 4.90 Å². The summed E-state index contributed by atoms with van der Waals surface area (Å²) in [6.45, 7) is 7.30. The monoisotopic (exact) mass is 367 g/mol. The molecule has 1 aliphatic heterocycles. The van der Waals surface area contributed by atoms with E-state index in [4.69, 9.17) is 4.74 Å². The number of piperidine rings is 1. The summed E-state index contributed by atoms with van der Waals surface area (Å²) in [5.74, 6) is 2.20. The first-order valence-electron chi connectivity index (χ1n) is 10.6. The molecule has 1 unspecified atom stereocenters. The van der Waals surface area contributed by atoms with Crippen molar-refractivity contribution in [3.63, 3.8) is 0 Å². The lowest BCUT2D eigenvalue weighted by atomic mass is 9.83. The number of carbonyl (C=O) groups is 1. The van der Waals surface area contributed by atoms with E-state index >= 15 is 0 Å². The number of Topliss-reactive ketones (excluding diaryl/α,β-unsaturated/α-hetero) is 1. The molecule has 1 heterocycles. The molecule has 3 heteroatoms. The van der Waals surface area contributed by atoms with Gasteiger partial charge in [-0.15, -0.1) is 0 Å². The molecular formula is C24H33NO2. The number of hydrogen-bond acceptors (Lipinski definition) is 3. The van der Waals surface area contributed by atoms with Gasteiger partial charge in [-0.1, -0.05) is 38.5 Å². The Morgan fingerprint density at radius 1 is 1.04 bits per heavy atom. The first-order chi connectivity index (χ1) is 13.2. The summed E-state index contributed by atoms with van der Waals surface area (Å²) in [7, 11) is 1.68. The molecule has 1 atom stereocenters. The highest BCUT2D eigenvalue weighted by molar-refractivity contribution is 6.01. The zero-order valence-electron chi connectivity index (χ0n) is 17.0. The third-order valence-electron chi connectivity index (χ3n) is 5.95. The first-order valence-corrected chi connectivity index (χ1v) is 10.6. The van der Waals surface area contributed by atoms with Gasteiger partial charge in [-0.05, 0) is 67.1 Å². The number of methoxy groups -OCH3 is 1. The van der Waals surface area contributed by atoms with Gasteiger partial charge in [0.05, 0.1) is 7.11 Å². The predicted molar refractivity (Wildman–Crippen MR) is 113 cm³/mol. The van der Waals surface area contributed by atoms with Crippen LogP contribution in [0.1, 0.15) is 56.3 Å². The molecular weight excluding hydrogens is 334 g/mol. The molecule has 0 spiro atoms. The highest BCUT2D eigenvalue weighted by Crippen LogP contribution is 2.30. The minimum atomic E-state index is 0.157. The molecule has 1 aliphatic carbocycles. The number of ketones is 1. The quantitative estimate of drug-likeness (QED) is 0.647. The van der Waals surface area contributed by atoms with Crippen LogP contribution in [0.3, 0.4) is 0 Å². The minimum absolute atomic E-state index is 0.157. The van der Waals surface area contributed by atoms with Crippen LogP contribution in [0, 0.1) is 11.8 Å². The zero-order valence-corrected chi connectivity index (χ0v) is 17.0. The molecule has 27 heavy (non-hydrogen) atoms. The van der Waals surface area contributed by atoms with Crippen molar-refractivity contribution in [1.82, 2.24) is 4.90 Å². The van der Waals surface area contributed by atoms with Crippen molar-refractivity contribution in [2.75, 3.05) is 26.7 Å². The maximum absolute atomic E-state index is 13.0. The van der Waals surface area contributed by atoms with Crippen molar-refractivity contribution in [2.45, 2.75) is 46.0 Å². The van der Waals surface area contributed by atoms with E-state index in [0.717, 1.165) is 53.9 Å². The SMILES string of the molecule is CC.COc1ccc2cc(C(=O)C3CCCN(CC4CCC4)C3)ccc2c1. The Hall–Kier alpha value is -1.87. The summed E-state index contributed by atoms with van der Waals surface area (Å²) in [5, 5.41) is 2.22. The van der Waals surface area contributed by atoms with E-state index in [-0.39, 0.29) is 5.92 Å². The number of benzene rings is 2. The summed E-state index contributed by atoms with van der Waals surface area (Å²) in [5.41, 5.74) is 0.855. The van der Waals surface area contributed by atoms with Crippen molar-refractivity contribution in [2.24, 2.45) is 11.8 Å². The van der Waals surface area contributed by atoms with Gasteiger partial charge in [0, 0.05) is 24.6 Å².